The number of aliphatic hydroxyl groups is 1. The van der Waals surface area contributed by atoms with Crippen LogP contribution in [0.3, 0.4) is 0 Å². The Morgan fingerprint density at radius 1 is 1.33 bits per heavy atom. The van der Waals surface area contributed by atoms with Gasteiger partial charge in [0.2, 0.25) is 0 Å². The summed E-state index contributed by atoms with van der Waals surface area (Å²) in [6.45, 7) is 6.04. The van der Waals surface area contributed by atoms with Gasteiger partial charge in [-0.15, -0.1) is 0 Å². The number of halogens is 3. The van der Waals surface area contributed by atoms with E-state index in [1.165, 1.54) is 0 Å². The van der Waals surface area contributed by atoms with E-state index >= 15 is 0 Å². The zero-order valence-corrected chi connectivity index (χ0v) is 14.8. The van der Waals surface area contributed by atoms with E-state index in [2.05, 4.69) is 34.7 Å². The molecule has 0 amide bonds. The Kier molecular flexibility index (Phi) is 5.69. The van der Waals surface area contributed by atoms with E-state index in [0.717, 1.165) is 38.8 Å². The van der Waals surface area contributed by atoms with Gasteiger partial charge in [0.1, 0.15) is 11.9 Å². The first-order valence-corrected chi connectivity index (χ1v) is 8.71. The Morgan fingerprint density at radius 3 is 2.43 bits per heavy atom. The minimum Gasteiger partial charge on any atom is -0.386 e. The highest BCUT2D eigenvalue weighted by molar-refractivity contribution is 9.10. The van der Waals surface area contributed by atoms with E-state index in [1.807, 2.05) is 0 Å². The molecule has 1 atom stereocenters. The Balaban J connectivity index is 2.43. The lowest BCUT2D eigenvalue weighted by molar-refractivity contribution is -0.0311. The van der Waals surface area contributed by atoms with E-state index in [-0.39, 0.29) is 5.02 Å². The summed E-state index contributed by atoms with van der Waals surface area (Å²) in [5.74, 6) is -0.524. The summed E-state index contributed by atoms with van der Waals surface area (Å²) in [6, 6.07) is 3.33. The van der Waals surface area contributed by atoms with Crippen LogP contribution >= 0.6 is 27.5 Å². The molecule has 1 heterocycles. The molecule has 0 bridgehead atoms. The molecule has 1 N–H and O–H groups in total. The molecule has 1 aliphatic heterocycles. The first-order chi connectivity index (χ1) is 9.97. The lowest BCUT2D eigenvalue weighted by Crippen LogP contribution is -2.51. The second-order valence-electron chi connectivity index (χ2n) is 5.67. The second kappa shape index (κ2) is 6.95. The van der Waals surface area contributed by atoms with Crippen LogP contribution in [0.4, 0.5) is 4.39 Å². The molecule has 0 radical (unpaired) electrons. The van der Waals surface area contributed by atoms with Crippen LogP contribution in [0.2, 0.25) is 5.02 Å². The smallest absolute Gasteiger partial charge is 0.148 e. The summed E-state index contributed by atoms with van der Waals surface area (Å²) in [4.78, 5) is 2.31. The monoisotopic (exact) mass is 377 g/mol. The van der Waals surface area contributed by atoms with Gasteiger partial charge in [0.05, 0.1) is 10.6 Å². The molecule has 5 heteroatoms. The third-order valence-electron chi connectivity index (χ3n) is 4.83. The third kappa shape index (κ3) is 3.00. The molecule has 118 valence electrons. The summed E-state index contributed by atoms with van der Waals surface area (Å²) in [5, 5.41) is 11.0. The molecule has 0 saturated carbocycles. The average Bonchev–Trinajstić information content (AvgIpc) is 3.01. The largest absolute Gasteiger partial charge is 0.386 e. The van der Waals surface area contributed by atoms with Crippen LogP contribution in [0.1, 0.15) is 51.2 Å². The lowest BCUT2D eigenvalue weighted by atomic mass is 9.81. The van der Waals surface area contributed by atoms with Crippen molar-refractivity contribution >= 4 is 27.5 Å². The van der Waals surface area contributed by atoms with Crippen molar-refractivity contribution in [3.63, 3.8) is 0 Å². The molecule has 0 spiro atoms. The average molecular weight is 379 g/mol. The maximum atomic E-state index is 14.5. The van der Waals surface area contributed by atoms with Gasteiger partial charge in [-0.3, -0.25) is 4.90 Å². The van der Waals surface area contributed by atoms with E-state index in [1.54, 1.807) is 12.1 Å². The molecule has 1 unspecified atom stereocenters. The number of nitrogens with zero attached hydrogens (tertiary/aromatic N) is 1. The van der Waals surface area contributed by atoms with Crippen molar-refractivity contribution in [3.05, 3.63) is 33.0 Å². The van der Waals surface area contributed by atoms with Gasteiger partial charge in [0, 0.05) is 10.0 Å². The lowest BCUT2D eigenvalue weighted by Gasteiger charge is -2.44. The van der Waals surface area contributed by atoms with Crippen LogP contribution in [-0.4, -0.2) is 28.6 Å². The van der Waals surface area contributed by atoms with Crippen LogP contribution in [0.15, 0.2) is 16.6 Å². The quantitative estimate of drug-likeness (QED) is 0.734. The number of aliphatic hydroxyl groups excluding tert-OH is 1. The fraction of sp³-hybridized carbons (Fsp3) is 0.625. The zero-order valence-electron chi connectivity index (χ0n) is 12.5. The highest BCUT2D eigenvalue weighted by atomic mass is 79.9. The highest BCUT2D eigenvalue weighted by Crippen LogP contribution is 2.42. The number of likely N-dealkylation sites (tertiary alicyclic amines) is 1. The van der Waals surface area contributed by atoms with E-state index in [4.69, 9.17) is 11.6 Å². The van der Waals surface area contributed by atoms with E-state index in [9.17, 15) is 9.50 Å². The van der Waals surface area contributed by atoms with Gasteiger partial charge in [-0.2, -0.15) is 0 Å². The summed E-state index contributed by atoms with van der Waals surface area (Å²) < 4.78 is 15.0. The molecular weight excluding hydrogens is 357 g/mol. The number of rotatable bonds is 5. The van der Waals surface area contributed by atoms with Gasteiger partial charge in [0.15, 0.2) is 0 Å². The van der Waals surface area contributed by atoms with Gasteiger partial charge in [-0.25, -0.2) is 4.39 Å². The highest BCUT2D eigenvalue weighted by Gasteiger charge is 2.43. The molecule has 21 heavy (non-hydrogen) atoms. The summed E-state index contributed by atoms with van der Waals surface area (Å²) in [7, 11) is 0. The maximum absolute atomic E-state index is 14.5. The van der Waals surface area contributed by atoms with Gasteiger partial charge in [-0.1, -0.05) is 31.5 Å². The van der Waals surface area contributed by atoms with Crippen LogP contribution < -0.4 is 0 Å². The fourth-order valence-corrected chi connectivity index (χ4v) is 3.94. The number of hydrogen-bond donors (Lipinski definition) is 1. The molecular formula is C16H22BrClFNO. The first-order valence-electron chi connectivity index (χ1n) is 7.54. The molecule has 1 aliphatic rings. The molecule has 1 aromatic rings. The maximum Gasteiger partial charge on any atom is 0.148 e. The molecule has 1 aromatic carbocycles. The Morgan fingerprint density at radius 2 is 1.90 bits per heavy atom. The van der Waals surface area contributed by atoms with E-state index in [0.29, 0.717) is 10.0 Å². The normalized spacial score (nSPS) is 18.2. The fourth-order valence-electron chi connectivity index (χ4n) is 3.46. The minimum atomic E-state index is -0.879. The standard InChI is InChI=1S/C16H22BrClFNO/c1-3-16(4-2,20-9-5-6-10-20)15(21)11-7-8-12(17)13(18)14(11)19/h7-8,15,21H,3-6,9-10H2,1-2H3. The molecule has 0 aromatic heterocycles. The van der Waals surface area contributed by atoms with Crippen LogP contribution in [0, 0.1) is 5.82 Å². The molecule has 1 fully saturated rings. The predicted octanol–water partition coefficient (Wildman–Crippen LogP) is 4.93. The van der Waals surface area contributed by atoms with Crippen molar-refractivity contribution in [1.82, 2.24) is 4.90 Å². The van der Waals surface area contributed by atoms with Crippen LogP contribution in [0.5, 0.6) is 0 Å². The number of hydrogen-bond acceptors (Lipinski definition) is 2. The van der Waals surface area contributed by atoms with Crippen molar-refractivity contribution < 1.29 is 9.50 Å². The second-order valence-corrected chi connectivity index (χ2v) is 6.90. The Hall–Kier alpha value is -0.160. The minimum absolute atomic E-state index is 0.0362. The van der Waals surface area contributed by atoms with Gasteiger partial charge in [-0.05, 0) is 60.8 Å². The van der Waals surface area contributed by atoms with Gasteiger partial charge >= 0.3 is 0 Å². The SMILES string of the molecule is CCC(CC)(C(O)c1ccc(Br)c(Cl)c1F)N1CCCC1. The molecule has 0 aliphatic carbocycles. The Bertz CT molecular complexity index is 501. The molecule has 2 rings (SSSR count). The summed E-state index contributed by atoms with van der Waals surface area (Å²) in [5.41, 5.74) is -0.132. The van der Waals surface area contributed by atoms with Crippen molar-refractivity contribution in [1.29, 1.82) is 0 Å². The van der Waals surface area contributed by atoms with Crippen LogP contribution in [-0.2, 0) is 0 Å². The van der Waals surface area contributed by atoms with Crippen LogP contribution in [0.25, 0.3) is 0 Å². The zero-order chi connectivity index (χ0) is 15.6. The number of benzene rings is 1. The van der Waals surface area contributed by atoms with Crippen molar-refractivity contribution in [2.24, 2.45) is 0 Å². The Labute approximate surface area is 139 Å². The molecule has 2 nitrogen and oxygen atoms in total. The first kappa shape index (κ1) is 17.2. The van der Waals surface area contributed by atoms with Gasteiger partial charge < -0.3 is 5.11 Å². The topological polar surface area (TPSA) is 23.5 Å². The van der Waals surface area contributed by atoms with Crippen molar-refractivity contribution in [2.45, 2.75) is 51.2 Å². The third-order valence-corrected chi connectivity index (χ3v) is 6.09. The predicted molar refractivity (Wildman–Crippen MR) is 88.2 cm³/mol. The summed E-state index contributed by atoms with van der Waals surface area (Å²) in [6.07, 6.45) is 2.95. The van der Waals surface area contributed by atoms with Crippen molar-refractivity contribution in [2.75, 3.05) is 13.1 Å². The molecule has 1 saturated heterocycles. The summed E-state index contributed by atoms with van der Waals surface area (Å²) >= 11 is 9.19. The van der Waals surface area contributed by atoms with Crippen molar-refractivity contribution in [3.8, 4) is 0 Å². The van der Waals surface area contributed by atoms with Gasteiger partial charge in [0.25, 0.3) is 0 Å². The van der Waals surface area contributed by atoms with E-state index < -0.39 is 17.5 Å².